The summed E-state index contributed by atoms with van der Waals surface area (Å²) in [6.07, 6.45) is 2.69. The van der Waals surface area contributed by atoms with Crippen molar-refractivity contribution in [2.24, 2.45) is 0 Å². The summed E-state index contributed by atoms with van der Waals surface area (Å²) in [6, 6.07) is -0.411. The lowest BCUT2D eigenvalue weighted by atomic mass is 10.0. The normalized spacial score (nSPS) is 22.2. The Morgan fingerprint density at radius 3 is 3.06 bits per heavy atom. The fraction of sp³-hybridized carbons (Fsp3) is 0.667. The lowest BCUT2D eigenvalue weighted by molar-refractivity contribution is -0.144. The molecule has 88 valence electrons. The van der Waals surface area contributed by atoms with Crippen molar-refractivity contribution >= 4 is 29.1 Å². The van der Waals surface area contributed by atoms with Crippen molar-refractivity contribution in [3.05, 3.63) is 10.0 Å². The highest BCUT2D eigenvalue weighted by Crippen LogP contribution is 2.23. The molecular formula is C9H12ClN3O2S. The number of aliphatic carboxylic acids is 1. The lowest BCUT2D eigenvalue weighted by Crippen LogP contribution is -2.44. The first-order chi connectivity index (χ1) is 7.68. The van der Waals surface area contributed by atoms with Crippen LogP contribution in [0.25, 0.3) is 0 Å². The molecule has 1 aliphatic rings. The molecule has 0 bridgehead atoms. The van der Waals surface area contributed by atoms with Gasteiger partial charge >= 0.3 is 5.97 Å². The first kappa shape index (κ1) is 11.8. The number of piperidine rings is 1. The van der Waals surface area contributed by atoms with Gasteiger partial charge in [0.05, 0.1) is 0 Å². The van der Waals surface area contributed by atoms with Crippen molar-refractivity contribution in [1.82, 2.24) is 14.5 Å². The average molecular weight is 262 g/mol. The van der Waals surface area contributed by atoms with E-state index in [4.69, 9.17) is 16.7 Å². The Kier molecular flexibility index (Phi) is 3.73. The van der Waals surface area contributed by atoms with Gasteiger partial charge in [0.1, 0.15) is 16.1 Å². The van der Waals surface area contributed by atoms with E-state index in [-0.39, 0.29) is 0 Å². The van der Waals surface area contributed by atoms with Crippen molar-refractivity contribution < 1.29 is 9.90 Å². The Morgan fingerprint density at radius 2 is 2.44 bits per heavy atom. The highest BCUT2D eigenvalue weighted by Gasteiger charge is 2.29. The molecule has 2 rings (SSSR count). The Morgan fingerprint density at radius 1 is 1.62 bits per heavy atom. The minimum atomic E-state index is -0.765. The third-order valence-electron chi connectivity index (χ3n) is 2.76. The number of rotatable bonds is 3. The van der Waals surface area contributed by atoms with E-state index in [0.717, 1.165) is 30.9 Å². The largest absolute Gasteiger partial charge is 0.480 e. The van der Waals surface area contributed by atoms with Crippen LogP contribution in [-0.4, -0.2) is 38.1 Å². The van der Waals surface area contributed by atoms with Crippen LogP contribution in [0.3, 0.4) is 0 Å². The fourth-order valence-electron chi connectivity index (χ4n) is 1.94. The van der Waals surface area contributed by atoms with Gasteiger partial charge in [-0.3, -0.25) is 9.69 Å². The molecule has 5 nitrogen and oxygen atoms in total. The van der Waals surface area contributed by atoms with Crippen LogP contribution in [0.4, 0.5) is 0 Å². The molecule has 0 radical (unpaired) electrons. The SMILES string of the molecule is O=C(O)C1CCCCN1Cc1nnsc1Cl. The molecule has 1 atom stereocenters. The number of hydrogen-bond acceptors (Lipinski definition) is 5. The van der Waals surface area contributed by atoms with Gasteiger partial charge < -0.3 is 5.11 Å². The van der Waals surface area contributed by atoms with Crippen LogP contribution in [-0.2, 0) is 11.3 Å². The van der Waals surface area contributed by atoms with Crippen molar-refractivity contribution in [1.29, 1.82) is 0 Å². The Balaban J connectivity index is 2.07. The van der Waals surface area contributed by atoms with Crippen molar-refractivity contribution in [3.63, 3.8) is 0 Å². The van der Waals surface area contributed by atoms with Crippen LogP contribution < -0.4 is 0 Å². The van der Waals surface area contributed by atoms with Crippen LogP contribution in [0.5, 0.6) is 0 Å². The molecule has 1 saturated heterocycles. The van der Waals surface area contributed by atoms with Crippen LogP contribution in [0.2, 0.25) is 4.34 Å². The van der Waals surface area contributed by atoms with Crippen LogP contribution in [0.15, 0.2) is 0 Å². The van der Waals surface area contributed by atoms with Gasteiger partial charge in [-0.25, -0.2) is 0 Å². The van der Waals surface area contributed by atoms with E-state index in [2.05, 4.69) is 9.59 Å². The summed E-state index contributed by atoms with van der Waals surface area (Å²) in [4.78, 5) is 13.0. The topological polar surface area (TPSA) is 66.3 Å². The first-order valence-corrected chi connectivity index (χ1v) is 6.27. The molecule has 0 spiro atoms. The second-order valence-corrected chi connectivity index (χ2v) is 5.17. The van der Waals surface area contributed by atoms with Gasteiger partial charge in [0.25, 0.3) is 0 Å². The molecule has 0 aromatic carbocycles. The molecule has 0 aliphatic carbocycles. The molecule has 1 aromatic rings. The summed E-state index contributed by atoms with van der Waals surface area (Å²) in [5.41, 5.74) is 0.680. The number of likely N-dealkylation sites (tertiary alicyclic amines) is 1. The van der Waals surface area contributed by atoms with E-state index in [1.165, 1.54) is 0 Å². The second-order valence-electron chi connectivity index (χ2n) is 3.81. The van der Waals surface area contributed by atoms with E-state index in [0.29, 0.717) is 23.0 Å². The average Bonchev–Trinajstić information content (AvgIpc) is 2.65. The van der Waals surface area contributed by atoms with Gasteiger partial charge in [-0.15, -0.1) is 5.10 Å². The smallest absolute Gasteiger partial charge is 0.320 e. The maximum atomic E-state index is 11.1. The number of carboxylic acid groups (broad SMARTS) is 1. The summed E-state index contributed by atoms with van der Waals surface area (Å²) in [5.74, 6) is -0.765. The fourth-order valence-corrected chi connectivity index (χ4v) is 2.56. The van der Waals surface area contributed by atoms with Crippen LogP contribution in [0.1, 0.15) is 25.0 Å². The first-order valence-electron chi connectivity index (χ1n) is 5.12. The van der Waals surface area contributed by atoms with Gasteiger partial charge in [-0.1, -0.05) is 22.5 Å². The predicted molar refractivity (Wildman–Crippen MR) is 60.6 cm³/mol. The van der Waals surface area contributed by atoms with Crippen molar-refractivity contribution in [2.75, 3.05) is 6.54 Å². The number of carboxylic acids is 1. The number of halogens is 1. The van der Waals surface area contributed by atoms with Gasteiger partial charge in [0.2, 0.25) is 0 Å². The van der Waals surface area contributed by atoms with E-state index >= 15 is 0 Å². The van der Waals surface area contributed by atoms with Gasteiger partial charge in [-0.2, -0.15) is 0 Å². The molecular weight excluding hydrogens is 250 g/mol. The minimum Gasteiger partial charge on any atom is -0.480 e. The summed E-state index contributed by atoms with van der Waals surface area (Å²) in [7, 11) is 0. The lowest BCUT2D eigenvalue weighted by Gasteiger charge is -2.32. The zero-order valence-corrected chi connectivity index (χ0v) is 10.2. The molecule has 1 unspecified atom stereocenters. The highest BCUT2D eigenvalue weighted by molar-refractivity contribution is 7.10. The minimum absolute atomic E-state index is 0.411. The molecule has 7 heteroatoms. The number of aromatic nitrogens is 2. The second kappa shape index (κ2) is 5.07. The zero-order chi connectivity index (χ0) is 11.5. The Labute approximate surface area is 102 Å². The van der Waals surface area contributed by atoms with Gasteiger partial charge in [0.15, 0.2) is 0 Å². The molecule has 0 saturated carbocycles. The zero-order valence-electron chi connectivity index (χ0n) is 8.60. The maximum Gasteiger partial charge on any atom is 0.320 e. The summed E-state index contributed by atoms with van der Waals surface area (Å²) in [5, 5.41) is 13.0. The van der Waals surface area contributed by atoms with Crippen molar-refractivity contribution in [3.8, 4) is 0 Å². The monoisotopic (exact) mass is 261 g/mol. The summed E-state index contributed by atoms with van der Waals surface area (Å²) >= 11 is 7.04. The molecule has 1 N–H and O–H groups in total. The van der Waals surface area contributed by atoms with Gasteiger partial charge in [-0.05, 0) is 19.4 Å². The third kappa shape index (κ3) is 2.50. The quantitative estimate of drug-likeness (QED) is 0.896. The molecule has 0 amide bonds. The Hall–Kier alpha value is -0.720. The van der Waals surface area contributed by atoms with E-state index < -0.39 is 12.0 Å². The number of carbonyl (C=O) groups is 1. The van der Waals surface area contributed by atoms with E-state index in [9.17, 15) is 4.79 Å². The maximum absolute atomic E-state index is 11.1. The van der Waals surface area contributed by atoms with E-state index in [1.807, 2.05) is 4.90 Å². The number of hydrogen-bond donors (Lipinski definition) is 1. The molecule has 2 heterocycles. The molecule has 1 aromatic heterocycles. The molecule has 1 aliphatic heterocycles. The van der Waals surface area contributed by atoms with Crippen LogP contribution >= 0.6 is 23.1 Å². The Bertz CT molecular complexity index is 385. The molecule has 1 fully saturated rings. The summed E-state index contributed by atoms with van der Waals surface area (Å²) < 4.78 is 4.29. The standard InChI is InChI=1S/C9H12ClN3O2S/c10-8-6(11-12-16-8)5-13-4-2-1-3-7(13)9(14)15/h7H,1-5H2,(H,14,15). The van der Waals surface area contributed by atoms with Crippen LogP contribution in [0, 0.1) is 0 Å². The van der Waals surface area contributed by atoms with E-state index in [1.54, 1.807) is 0 Å². The predicted octanol–water partition coefficient (Wildman–Crippen LogP) is 1.63. The highest BCUT2D eigenvalue weighted by atomic mass is 35.5. The third-order valence-corrected chi connectivity index (χ3v) is 3.75. The number of nitrogens with zero attached hydrogens (tertiary/aromatic N) is 3. The molecule has 16 heavy (non-hydrogen) atoms. The van der Waals surface area contributed by atoms with Crippen molar-refractivity contribution in [2.45, 2.75) is 31.8 Å². The van der Waals surface area contributed by atoms with Gasteiger partial charge in [0, 0.05) is 18.1 Å². The summed E-state index contributed by atoms with van der Waals surface area (Å²) in [6.45, 7) is 1.26.